The van der Waals surface area contributed by atoms with Gasteiger partial charge in [0.05, 0.1) is 6.61 Å². The molecule has 0 heterocycles. The Morgan fingerprint density at radius 2 is 2.22 bits per heavy atom. The van der Waals surface area contributed by atoms with Crippen molar-refractivity contribution in [3.05, 3.63) is 5.92 Å². The molecule has 1 heteroatoms. The predicted molar refractivity (Wildman–Crippen MR) is 38.2 cm³/mol. The summed E-state index contributed by atoms with van der Waals surface area (Å²) in [7, 11) is 0. The van der Waals surface area contributed by atoms with Gasteiger partial charge in [-0.1, -0.05) is 13.3 Å². The summed E-state index contributed by atoms with van der Waals surface area (Å²) in [5, 5.41) is 0. The summed E-state index contributed by atoms with van der Waals surface area (Å²) in [6, 6.07) is 0. The summed E-state index contributed by atoms with van der Waals surface area (Å²) in [6.45, 7) is 4.09. The third kappa shape index (κ3) is 3.52. The first-order valence-electron chi connectivity index (χ1n) is 3.85. The van der Waals surface area contributed by atoms with Crippen molar-refractivity contribution in [2.24, 2.45) is 0 Å². The summed E-state index contributed by atoms with van der Waals surface area (Å²) in [4.78, 5) is 0. The number of hydrogen-bond donors (Lipinski definition) is 0. The summed E-state index contributed by atoms with van der Waals surface area (Å²) in [5.41, 5.74) is 0. The minimum absolute atomic E-state index is 0.944. The van der Waals surface area contributed by atoms with Gasteiger partial charge in [-0.3, -0.25) is 0 Å². The van der Waals surface area contributed by atoms with Crippen LogP contribution in [0.3, 0.4) is 0 Å². The first-order chi connectivity index (χ1) is 4.43. The molecule has 1 aliphatic rings. The zero-order valence-corrected chi connectivity index (χ0v) is 6.15. The van der Waals surface area contributed by atoms with E-state index in [1.807, 2.05) is 0 Å². The van der Waals surface area contributed by atoms with E-state index in [-0.39, 0.29) is 0 Å². The van der Waals surface area contributed by atoms with Crippen LogP contribution in [0.2, 0.25) is 0 Å². The molecule has 0 spiro atoms. The fraction of sp³-hybridized carbons (Fsp3) is 0.875. The highest BCUT2D eigenvalue weighted by molar-refractivity contribution is 5.04. The van der Waals surface area contributed by atoms with Gasteiger partial charge in [0.2, 0.25) is 0 Å². The third-order valence-electron chi connectivity index (χ3n) is 1.55. The van der Waals surface area contributed by atoms with Crippen LogP contribution >= 0.6 is 0 Å². The lowest BCUT2D eigenvalue weighted by Gasteiger charge is -1.98. The highest BCUT2D eigenvalue weighted by Crippen LogP contribution is 2.31. The maximum Gasteiger partial charge on any atom is 0.0528 e. The van der Waals surface area contributed by atoms with Gasteiger partial charge >= 0.3 is 0 Å². The largest absolute Gasteiger partial charge is 0.381 e. The molecule has 0 saturated heterocycles. The molecule has 0 aromatic carbocycles. The van der Waals surface area contributed by atoms with Crippen LogP contribution in [0.1, 0.15) is 32.6 Å². The fourth-order valence-electron chi connectivity index (χ4n) is 0.696. The maximum atomic E-state index is 5.36. The topological polar surface area (TPSA) is 9.23 Å². The lowest BCUT2D eigenvalue weighted by molar-refractivity contribution is 0.147. The molecule has 0 N–H and O–H groups in total. The van der Waals surface area contributed by atoms with Crippen molar-refractivity contribution in [3.8, 4) is 0 Å². The van der Waals surface area contributed by atoms with E-state index in [2.05, 4.69) is 6.92 Å². The number of ether oxygens (including phenoxy) is 1. The van der Waals surface area contributed by atoms with Crippen molar-refractivity contribution < 1.29 is 4.74 Å². The lowest BCUT2D eigenvalue weighted by atomic mass is 10.4. The summed E-state index contributed by atoms with van der Waals surface area (Å²) in [5.74, 6) is 1.60. The molecule has 1 saturated carbocycles. The van der Waals surface area contributed by atoms with Crippen LogP contribution in [-0.4, -0.2) is 13.2 Å². The minimum Gasteiger partial charge on any atom is -0.381 e. The van der Waals surface area contributed by atoms with Crippen LogP contribution in [0.25, 0.3) is 0 Å². The SMILES string of the molecule is CCCCOC[C]1CC1. The third-order valence-corrected chi connectivity index (χ3v) is 1.55. The van der Waals surface area contributed by atoms with Crippen molar-refractivity contribution in [3.63, 3.8) is 0 Å². The zero-order chi connectivity index (χ0) is 6.53. The van der Waals surface area contributed by atoms with E-state index in [0.717, 1.165) is 13.2 Å². The Kier molecular flexibility index (Phi) is 3.05. The van der Waals surface area contributed by atoms with E-state index in [9.17, 15) is 0 Å². The molecule has 0 atom stereocenters. The van der Waals surface area contributed by atoms with Gasteiger partial charge in [-0.25, -0.2) is 0 Å². The van der Waals surface area contributed by atoms with Crippen LogP contribution in [0.5, 0.6) is 0 Å². The summed E-state index contributed by atoms with van der Waals surface area (Å²) in [6.07, 6.45) is 5.11. The lowest BCUT2D eigenvalue weighted by Crippen LogP contribution is -1.96. The highest BCUT2D eigenvalue weighted by Gasteiger charge is 2.21. The highest BCUT2D eigenvalue weighted by atomic mass is 16.5. The normalized spacial score (nSPS) is 18.3. The van der Waals surface area contributed by atoms with Gasteiger partial charge in [0.25, 0.3) is 0 Å². The average Bonchev–Trinajstić information content (AvgIpc) is 2.63. The smallest absolute Gasteiger partial charge is 0.0528 e. The molecule has 0 aromatic heterocycles. The molecule has 53 valence electrons. The quantitative estimate of drug-likeness (QED) is 0.514. The predicted octanol–water partition coefficient (Wildman–Crippen LogP) is 2.17. The first kappa shape index (κ1) is 7.07. The standard InChI is InChI=1S/C8H15O/c1-2-3-6-9-7-8-4-5-8/h2-7H2,1H3. The Morgan fingerprint density at radius 3 is 2.78 bits per heavy atom. The zero-order valence-electron chi connectivity index (χ0n) is 6.15. The van der Waals surface area contributed by atoms with Crippen molar-refractivity contribution in [1.82, 2.24) is 0 Å². The van der Waals surface area contributed by atoms with E-state index in [0.29, 0.717) is 0 Å². The molecule has 0 amide bonds. The summed E-state index contributed by atoms with van der Waals surface area (Å²) >= 11 is 0. The first-order valence-corrected chi connectivity index (χ1v) is 3.85. The second kappa shape index (κ2) is 3.89. The van der Waals surface area contributed by atoms with Gasteiger partial charge in [0.1, 0.15) is 0 Å². The fourth-order valence-corrected chi connectivity index (χ4v) is 0.696. The minimum atomic E-state index is 0.944. The summed E-state index contributed by atoms with van der Waals surface area (Å²) < 4.78 is 5.36. The Balaban J connectivity index is 1.71. The van der Waals surface area contributed by atoms with E-state index in [4.69, 9.17) is 4.74 Å². The molecule has 0 aliphatic heterocycles. The monoisotopic (exact) mass is 127 g/mol. The Bertz CT molecular complexity index is 67.0. The molecular weight excluding hydrogens is 112 g/mol. The maximum absolute atomic E-state index is 5.36. The van der Waals surface area contributed by atoms with Gasteiger partial charge in [-0.2, -0.15) is 0 Å². The van der Waals surface area contributed by atoms with E-state index in [1.165, 1.54) is 25.7 Å². The van der Waals surface area contributed by atoms with Gasteiger partial charge in [-0.15, -0.1) is 0 Å². The number of rotatable bonds is 5. The van der Waals surface area contributed by atoms with Crippen LogP contribution in [0.4, 0.5) is 0 Å². The van der Waals surface area contributed by atoms with Crippen molar-refractivity contribution >= 4 is 0 Å². The van der Waals surface area contributed by atoms with Gasteiger partial charge < -0.3 is 4.74 Å². The van der Waals surface area contributed by atoms with Crippen LogP contribution in [0, 0.1) is 5.92 Å². The second-order valence-corrected chi connectivity index (χ2v) is 2.66. The Labute approximate surface area is 57.4 Å². The van der Waals surface area contributed by atoms with Crippen molar-refractivity contribution in [1.29, 1.82) is 0 Å². The van der Waals surface area contributed by atoms with Crippen molar-refractivity contribution in [2.75, 3.05) is 13.2 Å². The number of hydrogen-bond acceptors (Lipinski definition) is 1. The van der Waals surface area contributed by atoms with E-state index in [1.54, 1.807) is 5.92 Å². The van der Waals surface area contributed by atoms with Crippen molar-refractivity contribution in [2.45, 2.75) is 32.6 Å². The molecule has 0 bridgehead atoms. The molecule has 1 rings (SSSR count). The Morgan fingerprint density at radius 1 is 1.44 bits per heavy atom. The molecule has 9 heavy (non-hydrogen) atoms. The van der Waals surface area contributed by atoms with E-state index >= 15 is 0 Å². The molecule has 0 unspecified atom stereocenters. The molecule has 1 radical (unpaired) electrons. The van der Waals surface area contributed by atoms with Crippen LogP contribution < -0.4 is 0 Å². The second-order valence-electron chi connectivity index (χ2n) is 2.66. The van der Waals surface area contributed by atoms with Crippen LogP contribution in [-0.2, 0) is 4.74 Å². The molecule has 1 nitrogen and oxygen atoms in total. The number of unbranched alkanes of at least 4 members (excludes halogenated alkanes) is 1. The van der Waals surface area contributed by atoms with Crippen LogP contribution in [0.15, 0.2) is 0 Å². The Hall–Kier alpha value is -0.0400. The molecule has 1 aliphatic carbocycles. The van der Waals surface area contributed by atoms with Gasteiger partial charge in [0.15, 0.2) is 0 Å². The molecular formula is C8H15O. The van der Waals surface area contributed by atoms with Gasteiger partial charge in [0, 0.05) is 12.5 Å². The molecule has 0 aromatic rings. The van der Waals surface area contributed by atoms with E-state index < -0.39 is 0 Å². The van der Waals surface area contributed by atoms with Gasteiger partial charge in [-0.05, 0) is 19.3 Å². The average molecular weight is 127 g/mol. The molecule has 1 fully saturated rings.